The third kappa shape index (κ3) is 3.89. The Balaban J connectivity index is 2.10. The Kier molecular flexibility index (Phi) is 6.05. The van der Waals surface area contributed by atoms with Gasteiger partial charge in [0, 0.05) is 11.1 Å². The van der Waals surface area contributed by atoms with Crippen molar-refractivity contribution in [1.29, 1.82) is 0 Å². The fourth-order valence-electron chi connectivity index (χ4n) is 4.60. The molecule has 162 valence electrons. The van der Waals surface area contributed by atoms with Crippen molar-refractivity contribution in [2.75, 3.05) is 14.2 Å². The number of aryl methyl sites for hydroxylation is 4. The number of ether oxygens (including phenoxy) is 2. The van der Waals surface area contributed by atoms with Gasteiger partial charge >= 0.3 is 0 Å². The van der Waals surface area contributed by atoms with Gasteiger partial charge in [0.2, 0.25) is 0 Å². The van der Waals surface area contributed by atoms with E-state index < -0.39 is 0 Å². The first-order valence-corrected chi connectivity index (χ1v) is 10.9. The molecule has 0 amide bonds. The molecule has 2 nitrogen and oxygen atoms in total. The third-order valence-electron chi connectivity index (χ3n) is 6.09. The number of rotatable bonds is 5. The molecule has 4 rings (SSSR count). The van der Waals surface area contributed by atoms with Crippen LogP contribution in [0.5, 0.6) is 11.5 Å². The maximum absolute atomic E-state index is 5.91. The molecule has 0 aliphatic rings. The second-order valence-electron chi connectivity index (χ2n) is 8.40. The molecule has 4 aromatic carbocycles. The second kappa shape index (κ2) is 8.92. The van der Waals surface area contributed by atoms with Crippen LogP contribution in [0.1, 0.15) is 22.3 Å². The van der Waals surface area contributed by atoms with Crippen molar-refractivity contribution in [3.05, 3.63) is 95.1 Å². The monoisotopic (exact) mass is 422 g/mol. The first kappa shape index (κ1) is 21.7. The van der Waals surface area contributed by atoms with Crippen LogP contribution in [0, 0.1) is 27.7 Å². The molecule has 0 saturated carbocycles. The summed E-state index contributed by atoms with van der Waals surface area (Å²) in [6, 6.07) is 25.7. The van der Waals surface area contributed by atoms with Crippen molar-refractivity contribution >= 4 is 0 Å². The van der Waals surface area contributed by atoms with Gasteiger partial charge in [-0.1, -0.05) is 71.8 Å². The number of benzene rings is 4. The van der Waals surface area contributed by atoms with Crippen LogP contribution in [0.15, 0.2) is 72.8 Å². The molecule has 0 aromatic heterocycles. The standard InChI is InChI=1S/C30H30O2/c1-19-13-15-23(21(3)17-19)25-9-7-11-27(31-5)29(25)30-26(10-8-12-28(30)32-6)24-16-14-20(2)18-22(24)4/h7-18H,1-6H3. The molecule has 0 aliphatic heterocycles. The lowest BCUT2D eigenvalue weighted by Crippen LogP contribution is -1.98. The van der Waals surface area contributed by atoms with Crippen molar-refractivity contribution in [3.63, 3.8) is 0 Å². The highest BCUT2D eigenvalue weighted by molar-refractivity contribution is 5.98. The molecule has 0 radical (unpaired) electrons. The highest BCUT2D eigenvalue weighted by Crippen LogP contribution is 2.48. The molecule has 0 bridgehead atoms. The SMILES string of the molecule is COc1cccc(-c2ccc(C)cc2C)c1-c1c(OC)cccc1-c1ccc(C)cc1C. The normalized spacial score (nSPS) is 10.8. The van der Waals surface area contributed by atoms with Gasteiger partial charge in [0.1, 0.15) is 11.5 Å². The Labute approximate surface area is 191 Å². The molecule has 4 aromatic rings. The van der Waals surface area contributed by atoms with E-state index >= 15 is 0 Å². The molecular weight excluding hydrogens is 392 g/mol. The molecular formula is C30H30O2. The lowest BCUT2D eigenvalue weighted by Gasteiger charge is -2.22. The maximum atomic E-state index is 5.91. The van der Waals surface area contributed by atoms with Gasteiger partial charge in [-0.25, -0.2) is 0 Å². The molecule has 0 fully saturated rings. The summed E-state index contributed by atoms with van der Waals surface area (Å²) in [5.74, 6) is 1.66. The first-order chi connectivity index (χ1) is 15.4. The van der Waals surface area contributed by atoms with Gasteiger partial charge < -0.3 is 9.47 Å². The lowest BCUT2D eigenvalue weighted by molar-refractivity contribution is 0.410. The van der Waals surface area contributed by atoms with E-state index in [2.05, 4.69) is 88.4 Å². The van der Waals surface area contributed by atoms with Crippen molar-refractivity contribution in [1.82, 2.24) is 0 Å². The van der Waals surface area contributed by atoms with Crippen LogP contribution in [0.4, 0.5) is 0 Å². The summed E-state index contributed by atoms with van der Waals surface area (Å²) in [6.07, 6.45) is 0. The van der Waals surface area contributed by atoms with Crippen molar-refractivity contribution in [2.24, 2.45) is 0 Å². The van der Waals surface area contributed by atoms with Crippen LogP contribution >= 0.6 is 0 Å². The molecule has 0 aliphatic carbocycles. The van der Waals surface area contributed by atoms with Gasteiger partial charge in [0.05, 0.1) is 14.2 Å². The van der Waals surface area contributed by atoms with Crippen LogP contribution < -0.4 is 9.47 Å². The molecule has 0 saturated heterocycles. The van der Waals surface area contributed by atoms with Crippen molar-refractivity contribution < 1.29 is 9.47 Å². The Morgan fingerprint density at radius 1 is 0.469 bits per heavy atom. The highest BCUT2D eigenvalue weighted by atomic mass is 16.5. The van der Waals surface area contributed by atoms with Crippen molar-refractivity contribution in [2.45, 2.75) is 27.7 Å². The van der Waals surface area contributed by atoms with E-state index in [9.17, 15) is 0 Å². The quantitative estimate of drug-likeness (QED) is 0.325. The van der Waals surface area contributed by atoms with Crippen LogP contribution in [0.2, 0.25) is 0 Å². The molecule has 2 heteroatoms. The summed E-state index contributed by atoms with van der Waals surface area (Å²) in [6.45, 7) is 8.58. The van der Waals surface area contributed by atoms with Gasteiger partial charge in [0.15, 0.2) is 0 Å². The van der Waals surface area contributed by atoms with Crippen LogP contribution in [0.3, 0.4) is 0 Å². The fraction of sp³-hybridized carbons (Fsp3) is 0.200. The highest BCUT2D eigenvalue weighted by Gasteiger charge is 2.22. The van der Waals surface area contributed by atoms with Gasteiger partial charge in [-0.15, -0.1) is 0 Å². The Hall–Kier alpha value is -3.52. The van der Waals surface area contributed by atoms with Crippen LogP contribution in [-0.4, -0.2) is 14.2 Å². The van der Waals surface area contributed by atoms with Crippen LogP contribution in [-0.2, 0) is 0 Å². The summed E-state index contributed by atoms with van der Waals surface area (Å²) in [7, 11) is 3.47. The predicted octanol–water partition coefficient (Wildman–Crippen LogP) is 7.94. The van der Waals surface area contributed by atoms with E-state index in [-0.39, 0.29) is 0 Å². The minimum Gasteiger partial charge on any atom is -0.496 e. The smallest absolute Gasteiger partial charge is 0.127 e. The van der Waals surface area contributed by atoms with E-state index in [0.717, 1.165) is 33.8 Å². The molecule has 0 N–H and O–H groups in total. The summed E-state index contributed by atoms with van der Waals surface area (Å²) in [4.78, 5) is 0. The average Bonchev–Trinajstić information content (AvgIpc) is 2.78. The molecule has 32 heavy (non-hydrogen) atoms. The molecule has 0 unspecified atom stereocenters. The Bertz CT molecular complexity index is 1180. The van der Waals surface area contributed by atoms with Gasteiger partial charge in [-0.3, -0.25) is 0 Å². The molecule has 0 atom stereocenters. The first-order valence-electron chi connectivity index (χ1n) is 10.9. The minimum absolute atomic E-state index is 0.831. The zero-order valence-corrected chi connectivity index (χ0v) is 19.7. The zero-order valence-electron chi connectivity index (χ0n) is 19.7. The van der Waals surface area contributed by atoms with E-state index in [1.807, 2.05) is 12.1 Å². The molecule has 0 heterocycles. The summed E-state index contributed by atoms with van der Waals surface area (Å²) in [5, 5.41) is 0. The topological polar surface area (TPSA) is 18.5 Å². The fourth-order valence-corrected chi connectivity index (χ4v) is 4.60. The van der Waals surface area contributed by atoms with E-state index in [1.165, 1.54) is 33.4 Å². The van der Waals surface area contributed by atoms with E-state index in [0.29, 0.717) is 0 Å². The molecule has 0 spiro atoms. The van der Waals surface area contributed by atoms with E-state index in [4.69, 9.17) is 9.47 Å². The summed E-state index contributed by atoms with van der Waals surface area (Å²) in [5.41, 5.74) is 11.8. The Morgan fingerprint density at radius 2 is 0.875 bits per heavy atom. The number of hydrogen-bond acceptors (Lipinski definition) is 2. The van der Waals surface area contributed by atoms with E-state index in [1.54, 1.807) is 14.2 Å². The van der Waals surface area contributed by atoms with Gasteiger partial charge in [-0.05, 0) is 73.2 Å². The minimum atomic E-state index is 0.831. The maximum Gasteiger partial charge on any atom is 0.127 e. The van der Waals surface area contributed by atoms with Crippen LogP contribution in [0.25, 0.3) is 33.4 Å². The second-order valence-corrected chi connectivity index (χ2v) is 8.40. The third-order valence-corrected chi connectivity index (χ3v) is 6.09. The largest absolute Gasteiger partial charge is 0.496 e. The lowest BCUT2D eigenvalue weighted by atomic mass is 9.85. The average molecular weight is 423 g/mol. The summed E-state index contributed by atoms with van der Waals surface area (Å²) < 4.78 is 11.8. The Morgan fingerprint density at radius 3 is 1.22 bits per heavy atom. The van der Waals surface area contributed by atoms with Gasteiger partial charge in [-0.2, -0.15) is 0 Å². The predicted molar refractivity (Wildman–Crippen MR) is 135 cm³/mol. The number of hydrogen-bond donors (Lipinski definition) is 0. The summed E-state index contributed by atoms with van der Waals surface area (Å²) >= 11 is 0. The van der Waals surface area contributed by atoms with Gasteiger partial charge in [0.25, 0.3) is 0 Å². The number of methoxy groups -OCH3 is 2. The van der Waals surface area contributed by atoms with Crippen molar-refractivity contribution in [3.8, 4) is 44.9 Å². The zero-order chi connectivity index (χ0) is 22.8.